The number of aromatic nitrogens is 2. The first-order valence-corrected chi connectivity index (χ1v) is 12.7. The molecule has 2 aliphatic rings. The maximum Gasteiger partial charge on any atom is 0.142 e. The summed E-state index contributed by atoms with van der Waals surface area (Å²) in [7, 11) is 0. The Bertz CT molecular complexity index is 1310. The van der Waals surface area contributed by atoms with Crippen LogP contribution in [0.3, 0.4) is 0 Å². The quantitative estimate of drug-likeness (QED) is 0.369. The minimum atomic E-state index is -0.109. The highest BCUT2D eigenvalue weighted by molar-refractivity contribution is 5.87. The normalized spacial score (nSPS) is 22.8. The molecule has 2 aromatic carbocycles. The predicted octanol–water partition coefficient (Wildman–Crippen LogP) is 8.45. The molecule has 3 aromatic rings. The van der Waals surface area contributed by atoms with E-state index in [4.69, 9.17) is 4.98 Å². The first-order chi connectivity index (χ1) is 15.0. The van der Waals surface area contributed by atoms with Crippen molar-refractivity contribution < 1.29 is 0 Å². The molecule has 0 radical (unpaired) electrons. The molecule has 2 heteroatoms. The molecule has 2 nitrogen and oxygen atoms in total. The Morgan fingerprint density at radius 2 is 1.30 bits per heavy atom. The Labute approximate surface area is 200 Å². The summed E-state index contributed by atoms with van der Waals surface area (Å²) in [6, 6.07) is 11.8. The second-order valence-corrected chi connectivity index (χ2v) is 13.6. The third-order valence-corrected chi connectivity index (χ3v) is 11.0. The number of benzene rings is 2. The van der Waals surface area contributed by atoms with Crippen molar-refractivity contribution in [2.24, 2.45) is 5.41 Å². The van der Waals surface area contributed by atoms with Gasteiger partial charge in [-0.1, -0.05) is 87.4 Å². The molecule has 2 heterocycles. The van der Waals surface area contributed by atoms with E-state index >= 15 is 0 Å². The minimum absolute atomic E-state index is 0.0268. The van der Waals surface area contributed by atoms with Crippen molar-refractivity contribution in [1.29, 1.82) is 0 Å². The molecule has 33 heavy (non-hydrogen) atoms. The molecule has 0 fully saturated rings. The molecule has 0 unspecified atom stereocenters. The maximum absolute atomic E-state index is 5.40. The molecule has 0 spiro atoms. The smallest absolute Gasteiger partial charge is 0.142 e. The zero-order valence-electron chi connectivity index (χ0n) is 22.9. The van der Waals surface area contributed by atoms with Gasteiger partial charge in [-0.2, -0.15) is 0 Å². The van der Waals surface area contributed by atoms with Crippen molar-refractivity contribution in [2.75, 3.05) is 0 Å². The van der Waals surface area contributed by atoms with Crippen LogP contribution in [-0.4, -0.2) is 9.55 Å². The lowest BCUT2D eigenvalue weighted by Crippen LogP contribution is -2.48. The number of hydrogen-bond donors (Lipinski definition) is 0. The number of rotatable bonds is 1. The van der Waals surface area contributed by atoms with Crippen LogP contribution in [0.1, 0.15) is 111 Å². The fourth-order valence-corrected chi connectivity index (χ4v) is 6.78. The summed E-state index contributed by atoms with van der Waals surface area (Å²) in [5.74, 6) is 1.60. The molecule has 0 atom stereocenters. The SMILES string of the molecule is CC(C)c1cccc2c1-c1nc3cc4c(cc3n1C(C)(C)C2(C)C)C(C)(C)C(C)(C)C4(C)C. The summed E-state index contributed by atoms with van der Waals surface area (Å²) in [6.45, 7) is 28.8. The van der Waals surface area contributed by atoms with Crippen LogP contribution in [0.25, 0.3) is 22.4 Å². The lowest BCUT2D eigenvalue weighted by atomic mass is 9.59. The van der Waals surface area contributed by atoms with Crippen LogP contribution in [0.4, 0.5) is 0 Å². The highest BCUT2D eigenvalue weighted by Crippen LogP contribution is 2.62. The van der Waals surface area contributed by atoms with Gasteiger partial charge in [-0.15, -0.1) is 0 Å². The van der Waals surface area contributed by atoms with Crippen molar-refractivity contribution in [3.63, 3.8) is 0 Å². The lowest BCUT2D eigenvalue weighted by Gasteiger charge is -2.49. The van der Waals surface area contributed by atoms with Crippen molar-refractivity contribution in [3.8, 4) is 11.4 Å². The van der Waals surface area contributed by atoms with Gasteiger partial charge in [0.25, 0.3) is 0 Å². The van der Waals surface area contributed by atoms with E-state index in [0.29, 0.717) is 5.92 Å². The molecule has 0 amide bonds. The van der Waals surface area contributed by atoms with Crippen LogP contribution in [0.5, 0.6) is 0 Å². The standard InChI is InChI=1S/C31H42N2/c1-18(2)19-14-13-15-20-25(19)26-32-23-16-21-22(28(5,6)30(9,10)27(21,3)4)17-24(23)33(26)31(11,12)29(20,7)8/h13-18H,1-12H3. The molecule has 1 aliphatic carbocycles. The highest BCUT2D eigenvalue weighted by atomic mass is 15.2. The van der Waals surface area contributed by atoms with E-state index in [0.717, 1.165) is 11.3 Å². The average Bonchev–Trinajstić information content (AvgIpc) is 3.13. The second-order valence-electron chi connectivity index (χ2n) is 13.6. The zero-order chi connectivity index (χ0) is 24.5. The fraction of sp³-hybridized carbons (Fsp3) is 0.581. The summed E-state index contributed by atoms with van der Waals surface area (Å²) in [4.78, 5) is 5.40. The van der Waals surface area contributed by atoms with E-state index in [9.17, 15) is 0 Å². The third kappa shape index (κ3) is 2.38. The number of imidazole rings is 1. The molecule has 1 aliphatic heterocycles. The molecule has 0 N–H and O–H groups in total. The molecule has 0 saturated carbocycles. The van der Waals surface area contributed by atoms with Crippen molar-refractivity contribution in [2.45, 2.75) is 111 Å². The molecule has 1 aromatic heterocycles. The van der Waals surface area contributed by atoms with Crippen LogP contribution in [0.15, 0.2) is 30.3 Å². The van der Waals surface area contributed by atoms with E-state index in [1.807, 2.05) is 0 Å². The van der Waals surface area contributed by atoms with Gasteiger partial charge in [-0.25, -0.2) is 4.98 Å². The summed E-state index contributed by atoms with van der Waals surface area (Å²) in [5, 5.41) is 0. The van der Waals surface area contributed by atoms with Gasteiger partial charge >= 0.3 is 0 Å². The summed E-state index contributed by atoms with van der Waals surface area (Å²) in [6.07, 6.45) is 0. The van der Waals surface area contributed by atoms with Gasteiger partial charge in [0.05, 0.1) is 16.6 Å². The van der Waals surface area contributed by atoms with Crippen LogP contribution in [0.2, 0.25) is 0 Å². The number of fused-ring (bicyclic) bond motifs is 6. The average molecular weight is 443 g/mol. The van der Waals surface area contributed by atoms with Gasteiger partial charge in [-0.3, -0.25) is 0 Å². The molecule has 0 bridgehead atoms. The van der Waals surface area contributed by atoms with E-state index < -0.39 is 0 Å². The summed E-state index contributed by atoms with van der Waals surface area (Å²) in [5.41, 5.74) is 9.75. The number of nitrogens with zero attached hydrogens (tertiary/aromatic N) is 2. The minimum Gasteiger partial charge on any atom is -0.317 e. The van der Waals surface area contributed by atoms with E-state index in [1.165, 1.54) is 33.3 Å². The highest BCUT2D eigenvalue weighted by Gasteiger charge is 2.57. The molecule has 5 rings (SSSR count). The van der Waals surface area contributed by atoms with Gasteiger partial charge < -0.3 is 4.57 Å². The van der Waals surface area contributed by atoms with Crippen LogP contribution < -0.4 is 0 Å². The van der Waals surface area contributed by atoms with Gasteiger partial charge in [0.2, 0.25) is 0 Å². The van der Waals surface area contributed by atoms with Gasteiger partial charge in [0, 0.05) is 11.0 Å². The molecule has 0 saturated heterocycles. The maximum atomic E-state index is 5.40. The van der Waals surface area contributed by atoms with Crippen LogP contribution >= 0.6 is 0 Å². The fourth-order valence-electron chi connectivity index (χ4n) is 6.78. The summed E-state index contributed by atoms with van der Waals surface area (Å²) < 4.78 is 2.57. The summed E-state index contributed by atoms with van der Waals surface area (Å²) >= 11 is 0. The Kier molecular flexibility index (Phi) is 4.21. The number of hydrogen-bond acceptors (Lipinski definition) is 1. The first kappa shape index (κ1) is 22.7. The van der Waals surface area contributed by atoms with Crippen molar-refractivity contribution >= 4 is 11.0 Å². The second kappa shape index (κ2) is 6.12. The topological polar surface area (TPSA) is 17.8 Å². The largest absolute Gasteiger partial charge is 0.317 e. The monoisotopic (exact) mass is 442 g/mol. The predicted molar refractivity (Wildman–Crippen MR) is 141 cm³/mol. The van der Waals surface area contributed by atoms with Crippen LogP contribution in [0, 0.1) is 5.41 Å². The van der Waals surface area contributed by atoms with Gasteiger partial charge in [-0.05, 0) is 70.4 Å². The van der Waals surface area contributed by atoms with E-state index in [1.54, 1.807) is 0 Å². The van der Waals surface area contributed by atoms with E-state index in [-0.39, 0.29) is 27.2 Å². The Morgan fingerprint density at radius 3 is 1.88 bits per heavy atom. The molecular formula is C31H42N2. The third-order valence-electron chi connectivity index (χ3n) is 11.0. The Hall–Kier alpha value is -2.09. The Balaban J connectivity index is 1.94. The molecule has 176 valence electrons. The van der Waals surface area contributed by atoms with E-state index in [2.05, 4.69) is 118 Å². The van der Waals surface area contributed by atoms with Crippen molar-refractivity contribution in [3.05, 3.63) is 52.6 Å². The zero-order valence-corrected chi connectivity index (χ0v) is 22.9. The lowest BCUT2D eigenvalue weighted by molar-refractivity contribution is 0.125. The molecular weight excluding hydrogens is 400 g/mol. The van der Waals surface area contributed by atoms with Gasteiger partial charge in [0.15, 0.2) is 0 Å². The first-order valence-electron chi connectivity index (χ1n) is 12.7. The van der Waals surface area contributed by atoms with Crippen molar-refractivity contribution in [1.82, 2.24) is 9.55 Å². The van der Waals surface area contributed by atoms with Gasteiger partial charge in [0.1, 0.15) is 5.82 Å². The van der Waals surface area contributed by atoms with Crippen LogP contribution in [-0.2, 0) is 21.8 Å². The Morgan fingerprint density at radius 1 is 0.727 bits per heavy atom.